The minimum Gasteiger partial charge on any atom is -0.369 e. The van der Waals surface area contributed by atoms with Gasteiger partial charge < -0.3 is 10.2 Å². The zero-order valence-corrected chi connectivity index (χ0v) is 14.5. The lowest BCUT2D eigenvalue weighted by Gasteiger charge is -2.36. The highest BCUT2D eigenvalue weighted by Crippen LogP contribution is 2.18. The molecule has 0 radical (unpaired) electrons. The molecule has 25 heavy (non-hydrogen) atoms. The van der Waals surface area contributed by atoms with Gasteiger partial charge in [0.1, 0.15) is 5.82 Å². The molecule has 0 bridgehead atoms. The maximum Gasteiger partial charge on any atom is 0.225 e. The van der Waals surface area contributed by atoms with Crippen molar-refractivity contribution < 1.29 is 9.18 Å². The smallest absolute Gasteiger partial charge is 0.225 e. The first-order chi connectivity index (χ1) is 12.1. The Kier molecular flexibility index (Phi) is 5.66. The molecule has 1 amide bonds. The average Bonchev–Trinajstić information content (AvgIpc) is 2.62. The van der Waals surface area contributed by atoms with Gasteiger partial charge in [-0.05, 0) is 36.8 Å². The van der Waals surface area contributed by atoms with E-state index in [1.165, 1.54) is 17.3 Å². The Labute approximate surface area is 148 Å². The number of piperazine rings is 1. The van der Waals surface area contributed by atoms with Crippen LogP contribution in [0.4, 0.5) is 15.8 Å². The molecule has 1 aliphatic rings. The van der Waals surface area contributed by atoms with Crippen molar-refractivity contribution in [3.05, 3.63) is 59.9 Å². The Morgan fingerprint density at radius 1 is 1.08 bits per heavy atom. The van der Waals surface area contributed by atoms with Crippen LogP contribution in [0.5, 0.6) is 0 Å². The number of halogens is 1. The molecule has 2 aromatic rings. The Bertz CT molecular complexity index is 726. The third-order valence-corrected chi connectivity index (χ3v) is 4.54. The lowest BCUT2D eigenvalue weighted by molar-refractivity contribution is -0.116. The molecule has 0 aliphatic carbocycles. The summed E-state index contributed by atoms with van der Waals surface area (Å²) in [6, 6.07) is 14.8. The van der Waals surface area contributed by atoms with Crippen molar-refractivity contribution in [2.75, 3.05) is 42.9 Å². The van der Waals surface area contributed by atoms with Gasteiger partial charge in [-0.15, -0.1) is 0 Å². The molecule has 132 valence electrons. The molecule has 1 saturated heterocycles. The van der Waals surface area contributed by atoms with E-state index in [0.717, 1.165) is 26.2 Å². The predicted molar refractivity (Wildman–Crippen MR) is 99.5 cm³/mol. The molecule has 1 fully saturated rings. The fraction of sp³-hybridized carbons (Fsp3) is 0.350. The Morgan fingerprint density at radius 3 is 2.56 bits per heavy atom. The minimum atomic E-state index is -0.400. The monoisotopic (exact) mass is 341 g/mol. The second kappa shape index (κ2) is 8.12. The Hall–Kier alpha value is -2.40. The standard InChI is InChI=1S/C20H24FN3O/c1-16-5-4-6-17(15-16)24-13-11-23(12-14-24)10-9-20(25)22-19-8-3-2-7-18(19)21/h2-8,15H,9-14H2,1H3,(H,22,25). The highest BCUT2D eigenvalue weighted by atomic mass is 19.1. The molecule has 4 nitrogen and oxygen atoms in total. The lowest BCUT2D eigenvalue weighted by atomic mass is 10.2. The quantitative estimate of drug-likeness (QED) is 0.906. The lowest BCUT2D eigenvalue weighted by Crippen LogP contribution is -2.47. The number of nitrogens with zero attached hydrogens (tertiary/aromatic N) is 2. The molecule has 0 unspecified atom stereocenters. The van der Waals surface area contributed by atoms with E-state index in [-0.39, 0.29) is 11.6 Å². The van der Waals surface area contributed by atoms with Crippen molar-refractivity contribution in [2.45, 2.75) is 13.3 Å². The first-order valence-corrected chi connectivity index (χ1v) is 8.70. The van der Waals surface area contributed by atoms with Crippen LogP contribution in [0, 0.1) is 12.7 Å². The average molecular weight is 341 g/mol. The van der Waals surface area contributed by atoms with Crippen molar-refractivity contribution >= 4 is 17.3 Å². The number of carbonyl (C=O) groups is 1. The first-order valence-electron chi connectivity index (χ1n) is 8.70. The largest absolute Gasteiger partial charge is 0.369 e. The summed E-state index contributed by atoms with van der Waals surface area (Å²) >= 11 is 0. The van der Waals surface area contributed by atoms with E-state index in [9.17, 15) is 9.18 Å². The molecular weight excluding hydrogens is 317 g/mol. The van der Waals surface area contributed by atoms with Gasteiger partial charge in [0.15, 0.2) is 0 Å². The molecule has 0 saturated carbocycles. The van der Waals surface area contributed by atoms with Crippen LogP contribution in [0.3, 0.4) is 0 Å². The molecule has 0 aromatic heterocycles. The van der Waals surface area contributed by atoms with Crippen LogP contribution in [0.2, 0.25) is 0 Å². The predicted octanol–water partition coefficient (Wildman–Crippen LogP) is 3.28. The molecule has 1 N–H and O–H groups in total. The van der Waals surface area contributed by atoms with Crippen LogP contribution in [0.1, 0.15) is 12.0 Å². The molecular formula is C20H24FN3O. The van der Waals surface area contributed by atoms with Gasteiger partial charge >= 0.3 is 0 Å². The zero-order valence-electron chi connectivity index (χ0n) is 14.5. The van der Waals surface area contributed by atoms with Gasteiger partial charge in [-0.25, -0.2) is 4.39 Å². The number of aryl methyl sites for hydroxylation is 1. The van der Waals surface area contributed by atoms with Gasteiger partial charge in [0.05, 0.1) is 5.69 Å². The van der Waals surface area contributed by atoms with Crippen molar-refractivity contribution in [1.29, 1.82) is 0 Å². The van der Waals surface area contributed by atoms with E-state index in [1.807, 2.05) is 0 Å². The molecule has 1 aliphatic heterocycles. The van der Waals surface area contributed by atoms with Gasteiger partial charge in [-0.1, -0.05) is 24.3 Å². The van der Waals surface area contributed by atoms with Crippen LogP contribution < -0.4 is 10.2 Å². The third kappa shape index (κ3) is 4.79. The number of hydrogen-bond acceptors (Lipinski definition) is 3. The first kappa shape index (κ1) is 17.4. The van der Waals surface area contributed by atoms with Gasteiger partial charge in [0.25, 0.3) is 0 Å². The number of amides is 1. The van der Waals surface area contributed by atoms with Crippen molar-refractivity contribution in [1.82, 2.24) is 4.90 Å². The van der Waals surface area contributed by atoms with Gasteiger partial charge in [-0.3, -0.25) is 9.69 Å². The molecule has 5 heteroatoms. The van der Waals surface area contributed by atoms with Gasteiger partial charge in [0.2, 0.25) is 5.91 Å². The van der Waals surface area contributed by atoms with Crippen molar-refractivity contribution in [3.8, 4) is 0 Å². The fourth-order valence-corrected chi connectivity index (χ4v) is 3.09. The highest BCUT2D eigenvalue weighted by molar-refractivity contribution is 5.90. The van der Waals surface area contributed by atoms with Crippen LogP contribution in [-0.4, -0.2) is 43.5 Å². The topological polar surface area (TPSA) is 35.6 Å². The Balaban J connectivity index is 1.43. The van der Waals surface area contributed by atoms with Crippen LogP contribution in [0.25, 0.3) is 0 Å². The maximum absolute atomic E-state index is 13.5. The zero-order chi connectivity index (χ0) is 17.6. The van der Waals surface area contributed by atoms with Crippen molar-refractivity contribution in [3.63, 3.8) is 0 Å². The summed E-state index contributed by atoms with van der Waals surface area (Å²) in [6.07, 6.45) is 0.374. The number of anilines is 2. The second-order valence-corrected chi connectivity index (χ2v) is 6.45. The van der Waals surface area contributed by atoms with E-state index in [2.05, 4.69) is 46.3 Å². The molecule has 1 heterocycles. The number of carbonyl (C=O) groups excluding carboxylic acids is 1. The maximum atomic E-state index is 13.5. The second-order valence-electron chi connectivity index (χ2n) is 6.45. The normalized spacial score (nSPS) is 15.2. The number of benzene rings is 2. The van der Waals surface area contributed by atoms with E-state index in [1.54, 1.807) is 18.2 Å². The third-order valence-electron chi connectivity index (χ3n) is 4.54. The summed E-state index contributed by atoms with van der Waals surface area (Å²) in [5.41, 5.74) is 2.78. The molecule has 0 spiro atoms. The van der Waals surface area contributed by atoms with Crippen LogP contribution >= 0.6 is 0 Å². The van der Waals surface area contributed by atoms with Gasteiger partial charge in [-0.2, -0.15) is 0 Å². The number of hydrogen-bond donors (Lipinski definition) is 1. The molecule has 0 atom stereocenters. The van der Waals surface area contributed by atoms with E-state index in [0.29, 0.717) is 13.0 Å². The Morgan fingerprint density at radius 2 is 1.84 bits per heavy atom. The summed E-state index contributed by atoms with van der Waals surface area (Å²) in [5.74, 6) is -0.547. The summed E-state index contributed by atoms with van der Waals surface area (Å²) in [4.78, 5) is 16.7. The van der Waals surface area contributed by atoms with Gasteiger partial charge in [0, 0.05) is 44.8 Å². The van der Waals surface area contributed by atoms with Crippen LogP contribution in [0.15, 0.2) is 48.5 Å². The summed E-state index contributed by atoms with van der Waals surface area (Å²) in [5, 5.41) is 2.64. The number of para-hydroxylation sites is 1. The van der Waals surface area contributed by atoms with E-state index < -0.39 is 5.82 Å². The summed E-state index contributed by atoms with van der Waals surface area (Å²) < 4.78 is 13.5. The number of nitrogens with one attached hydrogen (secondary N) is 1. The minimum absolute atomic E-state index is 0.147. The number of rotatable bonds is 5. The fourth-order valence-electron chi connectivity index (χ4n) is 3.09. The van der Waals surface area contributed by atoms with E-state index in [4.69, 9.17) is 0 Å². The molecule has 2 aromatic carbocycles. The molecule has 3 rings (SSSR count). The highest BCUT2D eigenvalue weighted by Gasteiger charge is 2.18. The summed E-state index contributed by atoms with van der Waals surface area (Å²) in [6.45, 7) is 6.58. The van der Waals surface area contributed by atoms with Crippen LogP contribution in [-0.2, 0) is 4.79 Å². The summed E-state index contributed by atoms with van der Waals surface area (Å²) in [7, 11) is 0. The van der Waals surface area contributed by atoms with Crippen molar-refractivity contribution in [2.24, 2.45) is 0 Å². The van der Waals surface area contributed by atoms with E-state index >= 15 is 0 Å². The SMILES string of the molecule is Cc1cccc(N2CCN(CCC(=O)Nc3ccccc3F)CC2)c1.